The molecule has 1 aliphatic rings. The SMILES string of the molecule is COc1ccc2c(c1)CC(n1nc(C)cc1N)CC2. The molecule has 0 radical (unpaired) electrons. The topological polar surface area (TPSA) is 53.1 Å². The molecule has 0 saturated carbocycles. The highest BCUT2D eigenvalue weighted by Crippen LogP contribution is 2.32. The summed E-state index contributed by atoms with van der Waals surface area (Å²) in [6.07, 6.45) is 3.13. The van der Waals surface area contributed by atoms with Gasteiger partial charge < -0.3 is 10.5 Å². The monoisotopic (exact) mass is 257 g/mol. The van der Waals surface area contributed by atoms with Crippen LogP contribution < -0.4 is 10.5 Å². The van der Waals surface area contributed by atoms with Crippen LogP contribution in [0.15, 0.2) is 24.3 Å². The van der Waals surface area contributed by atoms with Gasteiger partial charge in [-0.2, -0.15) is 5.10 Å². The van der Waals surface area contributed by atoms with E-state index in [1.807, 2.05) is 23.7 Å². The molecular weight excluding hydrogens is 238 g/mol. The molecule has 19 heavy (non-hydrogen) atoms. The molecule has 1 unspecified atom stereocenters. The van der Waals surface area contributed by atoms with E-state index in [2.05, 4.69) is 17.2 Å². The number of ether oxygens (including phenoxy) is 1. The first-order valence-electron chi connectivity index (χ1n) is 6.65. The molecule has 3 rings (SSSR count). The van der Waals surface area contributed by atoms with Gasteiger partial charge in [-0.05, 0) is 49.4 Å². The summed E-state index contributed by atoms with van der Waals surface area (Å²) in [6.45, 7) is 1.98. The van der Waals surface area contributed by atoms with Crippen molar-refractivity contribution in [2.75, 3.05) is 12.8 Å². The van der Waals surface area contributed by atoms with Crippen LogP contribution >= 0.6 is 0 Å². The maximum atomic E-state index is 6.02. The summed E-state index contributed by atoms with van der Waals surface area (Å²) >= 11 is 0. The fourth-order valence-corrected chi connectivity index (χ4v) is 2.88. The molecule has 1 aliphatic carbocycles. The highest BCUT2D eigenvalue weighted by atomic mass is 16.5. The molecule has 4 heteroatoms. The van der Waals surface area contributed by atoms with Crippen LogP contribution in [0.25, 0.3) is 0 Å². The van der Waals surface area contributed by atoms with Crippen molar-refractivity contribution in [1.29, 1.82) is 0 Å². The molecule has 0 amide bonds. The van der Waals surface area contributed by atoms with Crippen LogP contribution in [0.2, 0.25) is 0 Å². The van der Waals surface area contributed by atoms with E-state index in [0.29, 0.717) is 6.04 Å². The van der Waals surface area contributed by atoms with Crippen LogP contribution in [0.5, 0.6) is 5.75 Å². The third kappa shape index (κ3) is 2.18. The Hall–Kier alpha value is -1.97. The summed E-state index contributed by atoms with van der Waals surface area (Å²) in [4.78, 5) is 0. The van der Waals surface area contributed by atoms with Gasteiger partial charge >= 0.3 is 0 Å². The Morgan fingerprint density at radius 1 is 1.32 bits per heavy atom. The lowest BCUT2D eigenvalue weighted by Gasteiger charge is -2.26. The van der Waals surface area contributed by atoms with Gasteiger partial charge in [0, 0.05) is 6.07 Å². The van der Waals surface area contributed by atoms with Gasteiger partial charge in [0.05, 0.1) is 18.8 Å². The Kier molecular flexibility index (Phi) is 2.93. The Morgan fingerprint density at radius 2 is 2.16 bits per heavy atom. The number of aromatic nitrogens is 2. The van der Waals surface area contributed by atoms with Gasteiger partial charge in [0.25, 0.3) is 0 Å². The molecule has 2 aromatic rings. The van der Waals surface area contributed by atoms with Gasteiger partial charge in [-0.1, -0.05) is 6.07 Å². The van der Waals surface area contributed by atoms with Crippen molar-refractivity contribution in [3.63, 3.8) is 0 Å². The molecule has 1 aromatic carbocycles. The van der Waals surface area contributed by atoms with E-state index in [9.17, 15) is 0 Å². The van der Waals surface area contributed by atoms with Crippen molar-refractivity contribution in [3.05, 3.63) is 41.1 Å². The standard InChI is InChI=1S/C15H19N3O/c1-10-7-15(16)18(17-10)13-5-3-11-4-6-14(19-2)9-12(11)8-13/h4,6-7,9,13H,3,5,8,16H2,1-2H3. The summed E-state index contributed by atoms with van der Waals surface area (Å²) in [5, 5.41) is 4.51. The number of nitrogen functional groups attached to an aromatic ring is 1. The van der Waals surface area contributed by atoms with Gasteiger partial charge in [-0.15, -0.1) is 0 Å². The van der Waals surface area contributed by atoms with Crippen molar-refractivity contribution in [1.82, 2.24) is 9.78 Å². The Labute approximate surface area is 113 Å². The van der Waals surface area contributed by atoms with Gasteiger partial charge in [-0.3, -0.25) is 0 Å². The smallest absolute Gasteiger partial charge is 0.122 e. The van der Waals surface area contributed by atoms with Gasteiger partial charge in [0.2, 0.25) is 0 Å². The molecule has 4 nitrogen and oxygen atoms in total. The second kappa shape index (κ2) is 4.61. The zero-order valence-corrected chi connectivity index (χ0v) is 11.4. The summed E-state index contributed by atoms with van der Waals surface area (Å²) in [6, 6.07) is 8.62. The fourth-order valence-electron chi connectivity index (χ4n) is 2.88. The number of fused-ring (bicyclic) bond motifs is 1. The summed E-state index contributed by atoms with van der Waals surface area (Å²) in [7, 11) is 1.71. The van der Waals surface area contributed by atoms with Crippen LogP contribution in [0.4, 0.5) is 5.82 Å². The first-order valence-corrected chi connectivity index (χ1v) is 6.65. The number of rotatable bonds is 2. The summed E-state index contributed by atoms with van der Waals surface area (Å²) in [5.41, 5.74) is 9.77. The molecule has 0 fully saturated rings. The maximum Gasteiger partial charge on any atom is 0.122 e. The number of methoxy groups -OCH3 is 1. The Morgan fingerprint density at radius 3 is 2.84 bits per heavy atom. The lowest BCUT2D eigenvalue weighted by molar-refractivity contribution is 0.398. The molecule has 0 saturated heterocycles. The van der Waals surface area contributed by atoms with Crippen molar-refractivity contribution in [3.8, 4) is 5.75 Å². The lowest BCUT2D eigenvalue weighted by atomic mass is 9.88. The van der Waals surface area contributed by atoms with E-state index in [1.54, 1.807) is 7.11 Å². The summed E-state index contributed by atoms with van der Waals surface area (Å²) < 4.78 is 7.27. The van der Waals surface area contributed by atoms with Crippen LogP contribution in [0.3, 0.4) is 0 Å². The molecule has 1 aromatic heterocycles. The van der Waals surface area contributed by atoms with E-state index < -0.39 is 0 Å². The predicted molar refractivity (Wildman–Crippen MR) is 75.4 cm³/mol. The minimum Gasteiger partial charge on any atom is -0.497 e. The van der Waals surface area contributed by atoms with Crippen LogP contribution in [-0.2, 0) is 12.8 Å². The number of nitrogens with two attached hydrogens (primary N) is 1. The lowest BCUT2D eigenvalue weighted by Crippen LogP contribution is -2.21. The predicted octanol–water partition coefficient (Wildman–Crippen LogP) is 2.51. The van der Waals surface area contributed by atoms with E-state index in [1.165, 1.54) is 11.1 Å². The normalized spacial score (nSPS) is 18.1. The van der Waals surface area contributed by atoms with Gasteiger partial charge in [0.15, 0.2) is 0 Å². The molecular formula is C15H19N3O. The zero-order valence-electron chi connectivity index (χ0n) is 11.4. The molecule has 100 valence electrons. The number of hydrogen-bond acceptors (Lipinski definition) is 3. The third-order valence-corrected chi connectivity index (χ3v) is 3.85. The Bertz CT molecular complexity index is 603. The summed E-state index contributed by atoms with van der Waals surface area (Å²) in [5.74, 6) is 1.68. The van der Waals surface area contributed by atoms with E-state index in [4.69, 9.17) is 10.5 Å². The van der Waals surface area contributed by atoms with Crippen molar-refractivity contribution in [2.45, 2.75) is 32.2 Å². The number of benzene rings is 1. The highest BCUT2D eigenvalue weighted by Gasteiger charge is 2.22. The molecule has 0 aliphatic heterocycles. The largest absolute Gasteiger partial charge is 0.497 e. The van der Waals surface area contributed by atoms with Gasteiger partial charge in [0.1, 0.15) is 11.6 Å². The highest BCUT2D eigenvalue weighted by molar-refractivity contribution is 5.38. The molecule has 1 heterocycles. The van der Waals surface area contributed by atoms with E-state index in [0.717, 1.165) is 36.5 Å². The number of hydrogen-bond donors (Lipinski definition) is 1. The van der Waals surface area contributed by atoms with Crippen LogP contribution in [0.1, 0.15) is 29.3 Å². The molecule has 1 atom stereocenters. The quantitative estimate of drug-likeness (QED) is 0.899. The molecule has 2 N–H and O–H groups in total. The van der Waals surface area contributed by atoms with Crippen LogP contribution in [0, 0.1) is 6.92 Å². The van der Waals surface area contributed by atoms with Crippen molar-refractivity contribution in [2.24, 2.45) is 0 Å². The van der Waals surface area contributed by atoms with Crippen LogP contribution in [-0.4, -0.2) is 16.9 Å². The molecule has 0 bridgehead atoms. The average molecular weight is 257 g/mol. The maximum absolute atomic E-state index is 6.02. The minimum atomic E-state index is 0.355. The first kappa shape index (κ1) is 12.1. The van der Waals surface area contributed by atoms with Gasteiger partial charge in [-0.25, -0.2) is 4.68 Å². The number of anilines is 1. The zero-order chi connectivity index (χ0) is 13.4. The Balaban J connectivity index is 1.90. The third-order valence-electron chi connectivity index (χ3n) is 3.85. The first-order chi connectivity index (χ1) is 9.17. The second-order valence-corrected chi connectivity index (χ2v) is 5.19. The fraction of sp³-hybridized carbons (Fsp3) is 0.400. The number of nitrogens with zero attached hydrogens (tertiary/aromatic N) is 2. The van der Waals surface area contributed by atoms with E-state index in [-0.39, 0.29) is 0 Å². The van der Waals surface area contributed by atoms with Crippen molar-refractivity contribution < 1.29 is 4.74 Å². The number of aryl methyl sites for hydroxylation is 2. The second-order valence-electron chi connectivity index (χ2n) is 5.19. The molecule has 0 spiro atoms. The van der Waals surface area contributed by atoms with E-state index >= 15 is 0 Å². The minimum absolute atomic E-state index is 0.355. The average Bonchev–Trinajstić information content (AvgIpc) is 2.76. The van der Waals surface area contributed by atoms with Crippen molar-refractivity contribution >= 4 is 5.82 Å².